The van der Waals surface area contributed by atoms with Gasteiger partial charge in [0.1, 0.15) is 0 Å². The third-order valence-electron chi connectivity index (χ3n) is 10.4. The molecule has 2 aromatic rings. The zero-order valence-electron chi connectivity index (χ0n) is 33.7. The van der Waals surface area contributed by atoms with Crippen molar-refractivity contribution in [3.63, 3.8) is 0 Å². The molecule has 0 bridgehead atoms. The second kappa shape index (κ2) is 28.5. The molecule has 0 radical (unpaired) electrons. The van der Waals surface area contributed by atoms with Crippen LogP contribution in [0.3, 0.4) is 0 Å². The summed E-state index contributed by atoms with van der Waals surface area (Å²) < 4.78 is 7.68. The van der Waals surface area contributed by atoms with E-state index < -0.39 is 20.3 Å². The SMILES string of the molecule is CC(C)(C)[Si](OC(CCCCCCCC/C=C\CCCCC(=O)O)CCCCCCCC/C=C\CCCCC(=O)O)(c1ccccc1)c1ccccc1. The first kappa shape index (κ1) is 46.2. The minimum Gasteiger partial charge on any atom is -0.481 e. The Bertz CT molecular complexity index is 1180. The van der Waals surface area contributed by atoms with Crippen LogP contribution in [0.2, 0.25) is 5.04 Å². The average molecular weight is 747 g/mol. The van der Waals surface area contributed by atoms with Gasteiger partial charge in [-0.25, -0.2) is 0 Å². The maximum Gasteiger partial charge on any atom is 0.303 e. The van der Waals surface area contributed by atoms with Gasteiger partial charge in [-0.1, -0.05) is 170 Å². The summed E-state index contributed by atoms with van der Waals surface area (Å²) >= 11 is 0. The predicted octanol–water partition coefficient (Wildman–Crippen LogP) is 12.6. The number of allylic oxidation sites excluding steroid dienone is 4. The molecule has 5 nitrogen and oxygen atoms in total. The van der Waals surface area contributed by atoms with Crippen LogP contribution in [0.4, 0.5) is 0 Å². The lowest BCUT2D eigenvalue weighted by molar-refractivity contribution is -0.138. The summed E-state index contributed by atoms with van der Waals surface area (Å²) in [4.78, 5) is 21.3. The highest BCUT2D eigenvalue weighted by Crippen LogP contribution is 2.38. The van der Waals surface area contributed by atoms with Gasteiger partial charge in [-0.15, -0.1) is 0 Å². The Morgan fingerprint density at radius 2 is 0.849 bits per heavy atom. The van der Waals surface area contributed by atoms with Crippen LogP contribution in [0.1, 0.15) is 175 Å². The van der Waals surface area contributed by atoms with Crippen molar-refractivity contribution < 1.29 is 24.2 Å². The fourth-order valence-electron chi connectivity index (χ4n) is 7.43. The van der Waals surface area contributed by atoms with Gasteiger partial charge in [0, 0.05) is 18.9 Å². The van der Waals surface area contributed by atoms with E-state index in [1.54, 1.807) is 0 Å². The third-order valence-corrected chi connectivity index (χ3v) is 15.5. The number of rotatable bonds is 32. The van der Waals surface area contributed by atoms with Crippen molar-refractivity contribution in [1.29, 1.82) is 0 Å². The monoisotopic (exact) mass is 747 g/mol. The summed E-state index contributed by atoms with van der Waals surface area (Å²) in [5, 5.41) is 20.2. The Labute approximate surface area is 324 Å². The number of benzene rings is 2. The lowest BCUT2D eigenvalue weighted by Gasteiger charge is -2.45. The van der Waals surface area contributed by atoms with E-state index in [9.17, 15) is 9.59 Å². The Hall–Kier alpha value is -2.96. The standard InChI is InChI=1S/C47H74O5Si/c1-47(2,3)53(43-36-28-24-29-37-43,44-38-30-25-31-39-44)52-42(34-26-20-16-12-8-4-6-10-14-18-22-32-40-45(48)49)35-27-21-17-13-9-5-7-11-15-19-23-33-41-46(50)51/h10-11,14-15,24-25,28-31,36-39,42H,4-9,12-13,16-23,26-27,32-35,40-41H2,1-3H3,(H,48,49)(H,50,51)/b14-10-,15-11-. The number of unbranched alkanes of at least 4 members (excludes halogenated alkanes) is 16. The van der Waals surface area contributed by atoms with E-state index in [1.807, 2.05) is 0 Å². The Balaban J connectivity index is 1.89. The molecule has 0 saturated carbocycles. The van der Waals surface area contributed by atoms with E-state index in [4.69, 9.17) is 14.6 Å². The zero-order valence-corrected chi connectivity index (χ0v) is 34.7. The van der Waals surface area contributed by atoms with E-state index in [1.165, 1.54) is 87.4 Å². The average Bonchev–Trinajstić information content (AvgIpc) is 3.13. The van der Waals surface area contributed by atoms with Crippen molar-refractivity contribution in [1.82, 2.24) is 0 Å². The molecule has 2 rings (SSSR count). The zero-order chi connectivity index (χ0) is 38.5. The molecule has 0 aliphatic rings. The molecule has 0 spiro atoms. The normalized spacial score (nSPS) is 12.4. The van der Waals surface area contributed by atoms with Crippen LogP contribution >= 0.6 is 0 Å². The molecule has 53 heavy (non-hydrogen) atoms. The molecule has 0 fully saturated rings. The van der Waals surface area contributed by atoms with Gasteiger partial charge in [0.25, 0.3) is 8.32 Å². The second-order valence-corrected chi connectivity index (χ2v) is 20.3. The first-order chi connectivity index (χ1) is 25.7. The number of carbonyl (C=O) groups is 2. The molecule has 0 heterocycles. The first-order valence-electron chi connectivity index (χ1n) is 21.2. The highest BCUT2D eigenvalue weighted by Gasteiger charge is 2.51. The smallest absolute Gasteiger partial charge is 0.303 e. The number of hydrogen-bond donors (Lipinski definition) is 2. The predicted molar refractivity (Wildman–Crippen MR) is 227 cm³/mol. The Morgan fingerprint density at radius 3 is 1.19 bits per heavy atom. The van der Waals surface area contributed by atoms with Crippen LogP contribution in [0, 0.1) is 0 Å². The molecule has 0 aliphatic carbocycles. The summed E-state index contributed by atoms with van der Waals surface area (Å²) in [6, 6.07) is 22.2. The molecule has 0 amide bonds. The number of hydrogen-bond acceptors (Lipinski definition) is 3. The van der Waals surface area contributed by atoms with E-state index in [0.717, 1.165) is 64.2 Å². The molecule has 0 aliphatic heterocycles. The van der Waals surface area contributed by atoms with Gasteiger partial charge in [-0.05, 0) is 92.5 Å². The minimum atomic E-state index is -2.60. The molecule has 296 valence electrons. The highest BCUT2D eigenvalue weighted by atomic mass is 28.4. The van der Waals surface area contributed by atoms with Gasteiger partial charge >= 0.3 is 11.9 Å². The van der Waals surface area contributed by atoms with E-state index in [-0.39, 0.29) is 24.0 Å². The van der Waals surface area contributed by atoms with Crippen molar-refractivity contribution in [2.75, 3.05) is 0 Å². The van der Waals surface area contributed by atoms with E-state index in [2.05, 4.69) is 106 Å². The number of aliphatic carboxylic acids is 2. The van der Waals surface area contributed by atoms with Gasteiger partial charge in [-0.3, -0.25) is 9.59 Å². The Morgan fingerprint density at radius 1 is 0.528 bits per heavy atom. The maximum atomic E-state index is 10.6. The van der Waals surface area contributed by atoms with E-state index >= 15 is 0 Å². The molecule has 2 aromatic carbocycles. The molecular weight excluding hydrogens is 673 g/mol. The largest absolute Gasteiger partial charge is 0.481 e. The van der Waals surface area contributed by atoms with Crippen molar-refractivity contribution in [2.24, 2.45) is 0 Å². The van der Waals surface area contributed by atoms with Gasteiger partial charge in [-0.2, -0.15) is 0 Å². The molecule has 0 saturated heterocycles. The summed E-state index contributed by atoms with van der Waals surface area (Å²) in [6.07, 6.45) is 34.9. The van der Waals surface area contributed by atoms with Crippen LogP contribution in [0.25, 0.3) is 0 Å². The van der Waals surface area contributed by atoms with E-state index in [0.29, 0.717) is 0 Å². The third kappa shape index (κ3) is 20.3. The molecule has 6 heteroatoms. The molecule has 0 unspecified atom stereocenters. The summed E-state index contributed by atoms with van der Waals surface area (Å²) in [6.45, 7) is 7.17. The number of carboxylic acid groups (broad SMARTS) is 2. The van der Waals surface area contributed by atoms with Crippen molar-refractivity contribution in [3.8, 4) is 0 Å². The lowest BCUT2D eigenvalue weighted by atomic mass is 10.0. The molecule has 0 aromatic heterocycles. The van der Waals surface area contributed by atoms with Gasteiger partial charge in [0.15, 0.2) is 0 Å². The van der Waals surface area contributed by atoms with Crippen LogP contribution in [0.15, 0.2) is 85.0 Å². The van der Waals surface area contributed by atoms with Crippen LogP contribution in [0.5, 0.6) is 0 Å². The summed E-state index contributed by atoms with van der Waals surface area (Å²) in [7, 11) is -2.60. The second-order valence-electron chi connectivity index (χ2n) is 16.0. The van der Waals surface area contributed by atoms with Crippen molar-refractivity contribution in [2.45, 2.75) is 186 Å². The lowest BCUT2D eigenvalue weighted by Crippen LogP contribution is -2.67. The number of carboxylic acids is 2. The summed E-state index contributed by atoms with van der Waals surface area (Å²) in [5.74, 6) is -1.39. The highest BCUT2D eigenvalue weighted by molar-refractivity contribution is 6.99. The van der Waals surface area contributed by atoms with Crippen molar-refractivity contribution in [3.05, 3.63) is 85.0 Å². The topological polar surface area (TPSA) is 83.8 Å². The minimum absolute atomic E-state index is 0.0200. The quantitative estimate of drug-likeness (QED) is 0.0442. The van der Waals surface area contributed by atoms with Crippen LogP contribution in [-0.4, -0.2) is 36.6 Å². The summed E-state index contributed by atoms with van der Waals surface area (Å²) in [5.41, 5.74) is 0. The van der Waals surface area contributed by atoms with Gasteiger partial charge in [0.2, 0.25) is 0 Å². The van der Waals surface area contributed by atoms with Gasteiger partial charge < -0.3 is 14.6 Å². The fraction of sp³-hybridized carbons (Fsp3) is 0.617. The van der Waals surface area contributed by atoms with Crippen LogP contribution in [-0.2, 0) is 14.0 Å². The van der Waals surface area contributed by atoms with Gasteiger partial charge in [0.05, 0.1) is 0 Å². The maximum absolute atomic E-state index is 10.6. The van der Waals surface area contributed by atoms with Crippen LogP contribution < -0.4 is 10.4 Å². The van der Waals surface area contributed by atoms with Crippen molar-refractivity contribution >= 4 is 30.6 Å². The Kier molecular flexibility index (Phi) is 24.8. The molecule has 2 N–H and O–H groups in total. The first-order valence-corrected chi connectivity index (χ1v) is 23.1. The molecule has 0 atom stereocenters. The molecular formula is C47H74O5Si. The fourth-order valence-corrected chi connectivity index (χ4v) is 12.2.